The van der Waals surface area contributed by atoms with Crippen molar-refractivity contribution in [3.8, 4) is 5.75 Å². The topological polar surface area (TPSA) is 156 Å². The van der Waals surface area contributed by atoms with Gasteiger partial charge in [-0.1, -0.05) is 17.3 Å². The number of hydrogen-bond acceptors (Lipinski definition) is 10. The van der Waals surface area contributed by atoms with Gasteiger partial charge in [-0.15, -0.1) is 0 Å². The van der Waals surface area contributed by atoms with E-state index in [1.54, 1.807) is 20.8 Å². The van der Waals surface area contributed by atoms with E-state index >= 15 is 0 Å². The molecule has 0 radical (unpaired) electrons. The van der Waals surface area contributed by atoms with Gasteiger partial charge in [0.25, 0.3) is 0 Å². The molecular weight excluding hydrogens is 463 g/mol. The van der Waals surface area contributed by atoms with Gasteiger partial charge in [-0.3, -0.25) is 0 Å². The number of hydrogen-bond donors (Lipinski definition) is 2. The zero-order valence-corrected chi connectivity index (χ0v) is 18.0. The third-order valence-corrected chi connectivity index (χ3v) is 4.18. The van der Waals surface area contributed by atoms with Crippen LogP contribution >= 0.6 is 0 Å². The summed E-state index contributed by atoms with van der Waals surface area (Å²) in [7, 11) is -5.80. The fraction of sp³-hybridized carbons (Fsp3) is 0.471. The normalized spacial score (nSPS) is 13.3. The zero-order valence-electron chi connectivity index (χ0n) is 17.2. The SMILES string of the molecule is CC(C)(C)OC(=O)NC(C=NOCC(=O)ON)Cc1ccc(OS(=O)(=O)C(F)(F)F)cc1. The Morgan fingerprint density at radius 2 is 1.78 bits per heavy atom. The molecule has 0 saturated carbocycles. The molecule has 1 aromatic carbocycles. The minimum atomic E-state index is -5.80. The smallest absolute Gasteiger partial charge is 0.444 e. The van der Waals surface area contributed by atoms with Crippen LogP contribution in [0.2, 0.25) is 0 Å². The van der Waals surface area contributed by atoms with E-state index in [0.29, 0.717) is 5.56 Å². The van der Waals surface area contributed by atoms with E-state index in [0.717, 1.165) is 18.3 Å². The second-order valence-electron chi connectivity index (χ2n) is 7.10. The average molecular weight is 485 g/mol. The Bertz CT molecular complexity index is 912. The predicted molar refractivity (Wildman–Crippen MR) is 104 cm³/mol. The van der Waals surface area contributed by atoms with Crippen molar-refractivity contribution < 1.29 is 49.8 Å². The van der Waals surface area contributed by atoms with Crippen molar-refractivity contribution >= 4 is 28.4 Å². The van der Waals surface area contributed by atoms with Crippen LogP contribution in [0.25, 0.3) is 0 Å². The highest BCUT2D eigenvalue weighted by Gasteiger charge is 2.48. The van der Waals surface area contributed by atoms with Gasteiger partial charge in [0, 0.05) is 0 Å². The van der Waals surface area contributed by atoms with E-state index in [1.807, 2.05) is 0 Å². The Morgan fingerprint density at radius 3 is 2.28 bits per heavy atom. The number of carbonyl (C=O) groups is 2. The van der Waals surface area contributed by atoms with Gasteiger partial charge in [-0.05, 0) is 44.9 Å². The molecule has 0 fully saturated rings. The minimum absolute atomic E-state index is 0.0414. The molecule has 1 rings (SSSR count). The van der Waals surface area contributed by atoms with E-state index in [-0.39, 0.29) is 6.42 Å². The van der Waals surface area contributed by atoms with Gasteiger partial charge in [0.1, 0.15) is 11.4 Å². The lowest BCUT2D eigenvalue weighted by atomic mass is 10.1. The summed E-state index contributed by atoms with van der Waals surface area (Å²) in [6.07, 6.45) is 0.373. The van der Waals surface area contributed by atoms with Crippen molar-refractivity contribution in [3.05, 3.63) is 29.8 Å². The first kappa shape index (κ1) is 27.0. The lowest BCUT2D eigenvalue weighted by Gasteiger charge is -2.22. The fourth-order valence-corrected chi connectivity index (χ4v) is 2.41. The number of nitrogens with two attached hydrogens (primary N) is 1. The van der Waals surface area contributed by atoms with Gasteiger partial charge < -0.3 is 23.9 Å². The highest BCUT2D eigenvalue weighted by atomic mass is 32.2. The van der Waals surface area contributed by atoms with E-state index in [9.17, 15) is 31.2 Å². The Hall–Kier alpha value is -3.07. The first-order valence-corrected chi connectivity index (χ1v) is 10.2. The number of oxime groups is 1. The number of nitrogens with zero attached hydrogens (tertiary/aromatic N) is 1. The van der Waals surface area contributed by atoms with Crippen LogP contribution in [0.3, 0.4) is 0 Å². The second kappa shape index (κ2) is 11.0. The van der Waals surface area contributed by atoms with E-state index < -0.39 is 51.7 Å². The molecule has 15 heteroatoms. The predicted octanol–water partition coefficient (Wildman–Crippen LogP) is 1.77. The van der Waals surface area contributed by atoms with Crippen LogP contribution in [0.4, 0.5) is 18.0 Å². The molecule has 180 valence electrons. The average Bonchev–Trinajstić information content (AvgIpc) is 2.63. The molecule has 1 aromatic rings. The van der Waals surface area contributed by atoms with Crippen LogP contribution in [-0.2, 0) is 35.7 Å². The standard InChI is InChI=1S/C17H22F3N3O8S/c1-16(2,3)29-15(25)23-12(9-22-28-10-14(24)30-21)8-11-4-6-13(7-5-11)31-32(26,27)17(18,19)20/h4-7,9,12H,8,10,21H2,1-3H3,(H,23,25). The molecule has 0 aliphatic rings. The lowest BCUT2D eigenvalue weighted by Crippen LogP contribution is -2.41. The summed E-state index contributed by atoms with van der Waals surface area (Å²) in [6, 6.07) is 3.74. The number of ether oxygens (including phenoxy) is 1. The highest BCUT2D eigenvalue weighted by molar-refractivity contribution is 7.88. The third kappa shape index (κ3) is 9.82. The Morgan fingerprint density at radius 1 is 1.19 bits per heavy atom. The largest absolute Gasteiger partial charge is 0.534 e. The molecule has 0 spiro atoms. The molecular formula is C17H22F3N3O8S. The molecule has 1 atom stereocenters. The van der Waals surface area contributed by atoms with Gasteiger partial charge in [0.15, 0.2) is 0 Å². The van der Waals surface area contributed by atoms with Gasteiger partial charge in [-0.2, -0.15) is 27.5 Å². The highest BCUT2D eigenvalue weighted by Crippen LogP contribution is 2.27. The molecule has 0 aliphatic heterocycles. The van der Waals surface area contributed by atoms with Crippen LogP contribution in [0.5, 0.6) is 5.75 Å². The van der Waals surface area contributed by atoms with Crippen molar-refractivity contribution in [2.24, 2.45) is 11.1 Å². The monoisotopic (exact) mass is 485 g/mol. The summed E-state index contributed by atoms with van der Waals surface area (Å²) < 4.78 is 68.5. The Balaban J connectivity index is 2.89. The van der Waals surface area contributed by atoms with Crippen molar-refractivity contribution in [3.63, 3.8) is 0 Å². The molecule has 0 aromatic heterocycles. The molecule has 11 nitrogen and oxygen atoms in total. The van der Waals surface area contributed by atoms with Gasteiger partial charge in [0.2, 0.25) is 6.61 Å². The van der Waals surface area contributed by atoms with Crippen molar-refractivity contribution in [1.82, 2.24) is 5.32 Å². The number of alkyl halides is 3. The number of alkyl carbamates (subject to hydrolysis) is 1. The van der Waals surface area contributed by atoms with Crippen molar-refractivity contribution in [1.29, 1.82) is 0 Å². The number of rotatable bonds is 9. The Labute approximate surface area is 181 Å². The molecule has 1 amide bonds. The third-order valence-electron chi connectivity index (χ3n) is 3.20. The maximum Gasteiger partial charge on any atom is 0.534 e. The molecule has 0 heterocycles. The van der Waals surface area contributed by atoms with Gasteiger partial charge >= 0.3 is 27.7 Å². The molecule has 3 N–H and O–H groups in total. The first-order chi connectivity index (χ1) is 14.6. The molecule has 0 saturated heterocycles. The summed E-state index contributed by atoms with van der Waals surface area (Å²) in [5.74, 6) is 3.19. The number of benzene rings is 1. The number of carbonyl (C=O) groups excluding carboxylic acids is 2. The minimum Gasteiger partial charge on any atom is -0.444 e. The summed E-state index contributed by atoms with van der Waals surface area (Å²) in [6.45, 7) is 4.34. The van der Waals surface area contributed by atoms with Crippen molar-refractivity contribution in [2.45, 2.75) is 44.3 Å². The molecule has 0 aliphatic carbocycles. The zero-order chi connectivity index (χ0) is 24.6. The Kier molecular flexibility index (Phi) is 9.26. The summed E-state index contributed by atoms with van der Waals surface area (Å²) in [5.41, 5.74) is -5.91. The molecule has 32 heavy (non-hydrogen) atoms. The van der Waals surface area contributed by atoms with Crippen LogP contribution in [-0.4, -0.2) is 50.5 Å². The van der Waals surface area contributed by atoms with Crippen LogP contribution in [0.15, 0.2) is 29.4 Å². The van der Waals surface area contributed by atoms with Crippen LogP contribution in [0.1, 0.15) is 26.3 Å². The number of halogens is 3. The van der Waals surface area contributed by atoms with E-state index in [1.165, 1.54) is 12.1 Å². The van der Waals surface area contributed by atoms with Gasteiger partial charge in [-0.25, -0.2) is 9.59 Å². The molecule has 0 bridgehead atoms. The van der Waals surface area contributed by atoms with Crippen LogP contribution < -0.4 is 15.4 Å². The number of nitrogens with one attached hydrogen (secondary N) is 1. The van der Waals surface area contributed by atoms with Crippen LogP contribution in [0, 0.1) is 0 Å². The fourth-order valence-electron chi connectivity index (χ4n) is 1.95. The quantitative estimate of drug-likeness (QED) is 0.230. The summed E-state index contributed by atoms with van der Waals surface area (Å²) >= 11 is 0. The molecule has 1 unspecified atom stereocenters. The summed E-state index contributed by atoms with van der Waals surface area (Å²) in [5, 5.41) is 6.01. The summed E-state index contributed by atoms with van der Waals surface area (Å²) in [4.78, 5) is 31.5. The van der Waals surface area contributed by atoms with E-state index in [4.69, 9.17) is 4.74 Å². The van der Waals surface area contributed by atoms with E-state index in [2.05, 4.69) is 30.2 Å². The maximum absolute atomic E-state index is 12.4. The first-order valence-electron chi connectivity index (χ1n) is 8.77. The maximum atomic E-state index is 12.4. The number of amides is 1. The van der Waals surface area contributed by atoms with Gasteiger partial charge in [0.05, 0.1) is 12.3 Å². The van der Waals surface area contributed by atoms with Crippen molar-refractivity contribution in [2.75, 3.05) is 6.61 Å². The second-order valence-corrected chi connectivity index (χ2v) is 8.64. The lowest BCUT2D eigenvalue weighted by molar-refractivity contribution is -0.149.